The van der Waals surface area contributed by atoms with Crippen molar-refractivity contribution in [2.45, 2.75) is 18.3 Å². The zero-order valence-corrected chi connectivity index (χ0v) is 7.01. The largest absolute Gasteiger partial charge is 0.341 e. The summed E-state index contributed by atoms with van der Waals surface area (Å²) in [6.07, 6.45) is 5.24. The highest BCUT2D eigenvalue weighted by molar-refractivity contribution is 9.09. The highest BCUT2D eigenvalue weighted by Gasteiger charge is 1.98. The fourth-order valence-corrected chi connectivity index (χ4v) is 1.02. The first-order valence-electron chi connectivity index (χ1n) is 3.11. The highest BCUT2D eigenvalue weighted by Crippen LogP contribution is 2.17. The van der Waals surface area contributed by atoms with E-state index in [1.807, 2.05) is 12.1 Å². The Bertz CT molecular complexity index is 157. The molecule has 9 heavy (non-hydrogen) atoms. The van der Waals surface area contributed by atoms with Crippen LogP contribution in [0.2, 0.25) is 0 Å². The topological polar surface area (TPSA) is 4.93 Å². The van der Waals surface area contributed by atoms with E-state index in [-0.39, 0.29) is 0 Å². The molecular weight excluding hydrogens is 178 g/mol. The van der Waals surface area contributed by atoms with Crippen molar-refractivity contribution in [1.82, 2.24) is 4.57 Å². The Morgan fingerprint density at radius 2 is 2.00 bits per heavy atom. The third-order valence-electron chi connectivity index (χ3n) is 1.29. The highest BCUT2D eigenvalue weighted by atomic mass is 79.9. The Hall–Kier alpha value is -0.240. The maximum Gasteiger partial charge on any atom is 0.0880 e. The van der Waals surface area contributed by atoms with Crippen LogP contribution in [0.3, 0.4) is 0 Å². The number of nitrogens with zero attached hydrogens (tertiary/aromatic N) is 1. The summed E-state index contributed by atoms with van der Waals surface area (Å²) in [5, 5.41) is 0. The van der Waals surface area contributed by atoms with Crippen molar-refractivity contribution in [1.29, 1.82) is 0 Å². The van der Waals surface area contributed by atoms with Gasteiger partial charge in [-0.25, -0.2) is 0 Å². The SMILES string of the molecule is CCC(Br)n1cccc1. The molecule has 1 atom stereocenters. The lowest BCUT2D eigenvalue weighted by atomic mass is 10.5. The molecule has 50 valence electrons. The van der Waals surface area contributed by atoms with Gasteiger partial charge in [0.2, 0.25) is 0 Å². The van der Waals surface area contributed by atoms with E-state index in [0.29, 0.717) is 4.95 Å². The first kappa shape index (κ1) is 6.87. The predicted octanol–water partition coefficient (Wildman–Crippen LogP) is 2.79. The Morgan fingerprint density at radius 3 is 2.44 bits per heavy atom. The van der Waals surface area contributed by atoms with Crippen LogP contribution in [0.15, 0.2) is 24.5 Å². The molecule has 2 heteroatoms. The first-order valence-corrected chi connectivity index (χ1v) is 4.02. The minimum Gasteiger partial charge on any atom is -0.341 e. The molecule has 0 saturated heterocycles. The minimum atomic E-state index is 0.465. The Balaban J connectivity index is 2.65. The molecule has 0 amide bonds. The van der Waals surface area contributed by atoms with Crippen LogP contribution in [0.25, 0.3) is 0 Å². The summed E-state index contributed by atoms with van der Waals surface area (Å²) in [6, 6.07) is 4.06. The number of rotatable bonds is 2. The van der Waals surface area contributed by atoms with Gasteiger partial charge in [-0.05, 0) is 18.6 Å². The van der Waals surface area contributed by atoms with Gasteiger partial charge in [0.25, 0.3) is 0 Å². The maximum atomic E-state index is 3.53. The van der Waals surface area contributed by atoms with Crippen molar-refractivity contribution in [2.75, 3.05) is 0 Å². The molecule has 0 aromatic carbocycles. The molecule has 1 unspecified atom stereocenters. The average Bonchev–Trinajstić information content (AvgIpc) is 2.37. The Kier molecular flexibility index (Phi) is 2.34. The van der Waals surface area contributed by atoms with E-state index >= 15 is 0 Å². The van der Waals surface area contributed by atoms with Gasteiger partial charge in [0.05, 0.1) is 4.95 Å². The van der Waals surface area contributed by atoms with E-state index in [4.69, 9.17) is 0 Å². The lowest BCUT2D eigenvalue weighted by Crippen LogP contribution is -1.95. The smallest absolute Gasteiger partial charge is 0.0880 e. The molecule has 0 aliphatic rings. The minimum absolute atomic E-state index is 0.465. The van der Waals surface area contributed by atoms with E-state index in [0.717, 1.165) is 6.42 Å². The number of alkyl halides is 1. The predicted molar refractivity (Wildman–Crippen MR) is 42.7 cm³/mol. The van der Waals surface area contributed by atoms with Crippen LogP contribution in [0.5, 0.6) is 0 Å². The number of halogens is 1. The van der Waals surface area contributed by atoms with Crippen LogP contribution in [0, 0.1) is 0 Å². The average molecular weight is 188 g/mol. The van der Waals surface area contributed by atoms with Gasteiger partial charge in [0, 0.05) is 12.4 Å². The molecule has 0 aliphatic carbocycles. The molecule has 0 bridgehead atoms. The molecule has 0 N–H and O–H groups in total. The van der Waals surface area contributed by atoms with Gasteiger partial charge in [-0.2, -0.15) is 0 Å². The zero-order chi connectivity index (χ0) is 6.69. The molecule has 1 nitrogen and oxygen atoms in total. The van der Waals surface area contributed by atoms with Crippen molar-refractivity contribution in [3.8, 4) is 0 Å². The summed E-state index contributed by atoms with van der Waals surface area (Å²) in [4.78, 5) is 0.465. The van der Waals surface area contributed by atoms with Crippen LogP contribution in [-0.2, 0) is 0 Å². The van der Waals surface area contributed by atoms with Gasteiger partial charge in [-0.15, -0.1) is 0 Å². The lowest BCUT2D eigenvalue weighted by Gasteiger charge is -2.06. The van der Waals surface area contributed by atoms with E-state index in [1.54, 1.807) is 0 Å². The summed E-state index contributed by atoms with van der Waals surface area (Å²) >= 11 is 3.53. The normalized spacial score (nSPS) is 13.6. The lowest BCUT2D eigenvalue weighted by molar-refractivity contribution is 0.674. The summed E-state index contributed by atoms with van der Waals surface area (Å²) in [6.45, 7) is 2.15. The fourth-order valence-electron chi connectivity index (χ4n) is 0.745. The second kappa shape index (κ2) is 3.06. The van der Waals surface area contributed by atoms with Gasteiger partial charge in [0.1, 0.15) is 0 Å². The standard InChI is InChI=1S/C7H10BrN/c1-2-7(8)9-5-3-4-6-9/h3-7H,2H2,1H3. The van der Waals surface area contributed by atoms with Crippen LogP contribution in [0.1, 0.15) is 18.3 Å². The maximum absolute atomic E-state index is 3.53. The number of hydrogen-bond acceptors (Lipinski definition) is 0. The van der Waals surface area contributed by atoms with Gasteiger partial charge in [0.15, 0.2) is 0 Å². The van der Waals surface area contributed by atoms with Crippen molar-refractivity contribution in [2.24, 2.45) is 0 Å². The molecule has 1 heterocycles. The molecular formula is C7H10BrN. The monoisotopic (exact) mass is 187 g/mol. The third kappa shape index (κ3) is 1.58. The van der Waals surface area contributed by atoms with E-state index in [1.165, 1.54) is 0 Å². The van der Waals surface area contributed by atoms with Gasteiger partial charge >= 0.3 is 0 Å². The van der Waals surface area contributed by atoms with Gasteiger partial charge in [-0.3, -0.25) is 0 Å². The fraction of sp³-hybridized carbons (Fsp3) is 0.429. The van der Waals surface area contributed by atoms with Crippen LogP contribution in [0.4, 0.5) is 0 Å². The molecule has 0 spiro atoms. The van der Waals surface area contributed by atoms with Crippen LogP contribution >= 0.6 is 15.9 Å². The van der Waals surface area contributed by atoms with Crippen molar-refractivity contribution < 1.29 is 0 Å². The quantitative estimate of drug-likeness (QED) is 0.629. The van der Waals surface area contributed by atoms with Crippen molar-refractivity contribution in [3.05, 3.63) is 24.5 Å². The third-order valence-corrected chi connectivity index (χ3v) is 2.41. The second-order valence-corrected chi connectivity index (χ2v) is 3.03. The molecule has 0 aliphatic heterocycles. The molecule has 0 fully saturated rings. The van der Waals surface area contributed by atoms with Gasteiger partial charge in [-0.1, -0.05) is 22.9 Å². The van der Waals surface area contributed by atoms with E-state index in [2.05, 4.69) is 39.8 Å². The second-order valence-electron chi connectivity index (χ2n) is 1.97. The Morgan fingerprint density at radius 1 is 1.44 bits per heavy atom. The molecule has 0 saturated carbocycles. The summed E-state index contributed by atoms with van der Waals surface area (Å²) in [7, 11) is 0. The molecule has 1 aromatic rings. The van der Waals surface area contributed by atoms with Crippen molar-refractivity contribution >= 4 is 15.9 Å². The molecule has 0 radical (unpaired) electrons. The summed E-state index contributed by atoms with van der Waals surface area (Å²) < 4.78 is 2.14. The zero-order valence-electron chi connectivity index (χ0n) is 5.42. The van der Waals surface area contributed by atoms with Crippen molar-refractivity contribution in [3.63, 3.8) is 0 Å². The first-order chi connectivity index (χ1) is 4.34. The Labute approximate surface area is 63.8 Å². The van der Waals surface area contributed by atoms with E-state index < -0.39 is 0 Å². The van der Waals surface area contributed by atoms with Crippen LogP contribution in [-0.4, -0.2) is 4.57 Å². The number of aromatic nitrogens is 1. The van der Waals surface area contributed by atoms with Gasteiger partial charge < -0.3 is 4.57 Å². The summed E-state index contributed by atoms with van der Waals surface area (Å²) in [5.74, 6) is 0. The number of hydrogen-bond donors (Lipinski definition) is 0. The van der Waals surface area contributed by atoms with Crippen LogP contribution < -0.4 is 0 Å². The summed E-state index contributed by atoms with van der Waals surface area (Å²) in [5.41, 5.74) is 0. The van der Waals surface area contributed by atoms with E-state index in [9.17, 15) is 0 Å². The molecule has 1 aromatic heterocycles. The molecule has 1 rings (SSSR count).